The number of urea groups is 1. The van der Waals surface area contributed by atoms with Crippen LogP contribution < -0.4 is 5.32 Å². The molecule has 1 atom stereocenters. The van der Waals surface area contributed by atoms with E-state index in [0.29, 0.717) is 12.0 Å². The minimum atomic E-state index is -0.638. The van der Waals surface area contributed by atoms with Crippen LogP contribution in [-0.2, 0) is 24.2 Å². The summed E-state index contributed by atoms with van der Waals surface area (Å²) in [6.07, 6.45) is 1.31. The van der Waals surface area contributed by atoms with E-state index < -0.39 is 12.1 Å². The maximum absolute atomic E-state index is 13.0. The maximum Gasteiger partial charge on any atom is 0.325 e. The number of nitrogens with zero attached hydrogens (tertiary/aromatic N) is 2. The van der Waals surface area contributed by atoms with Gasteiger partial charge in [-0.3, -0.25) is 14.5 Å². The first-order valence-electron chi connectivity index (χ1n) is 10.3. The minimum absolute atomic E-state index is 0.223. The van der Waals surface area contributed by atoms with E-state index in [2.05, 4.69) is 21.3 Å². The number of imide groups is 1. The fraction of sp³-hybridized carbons (Fsp3) is 0.292. The van der Waals surface area contributed by atoms with E-state index >= 15 is 0 Å². The molecule has 160 valence electrons. The van der Waals surface area contributed by atoms with Crippen LogP contribution in [-0.4, -0.2) is 39.8 Å². The lowest BCUT2D eigenvalue weighted by Crippen LogP contribution is -2.36. The van der Waals surface area contributed by atoms with Crippen LogP contribution in [0.1, 0.15) is 32.2 Å². The third kappa shape index (κ3) is 4.46. The second-order valence-electron chi connectivity index (χ2n) is 7.81. The third-order valence-electron chi connectivity index (χ3n) is 5.73. The van der Waals surface area contributed by atoms with Crippen molar-refractivity contribution in [1.29, 1.82) is 0 Å². The summed E-state index contributed by atoms with van der Waals surface area (Å²) in [6.45, 7) is 4.43. The maximum atomic E-state index is 13.0. The molecule has 3 amide bonds. The summed E-state index contributed by atoms with van der Waals surface area (Å²) >= 11 is 1.72. The number of hydrogen-bond acceptors (Lipinski definition) is 4. The summed E-state index contributed by atoms with van der Waals surface area (Å²) in [5.74, 6) is -0.576. The van der Waals surface area contributed by atoms with Crippen molar-refractivity contribution in [2.24, 2.45) is 0 Å². The molecule has 0 saturated carbocycles. The second kappa shape index (κ2) is 8.89. The summed E-state index contributed by atoms with van der Waals surface area (Å²) < 4.78 is 2.12. The molecule has 4 rings (SSSR count). The Balaban J connectivity index is 1.43. The molecule has 6 nitrogen and oxygen atoms in total. The molecule has 0 bridgehead atoms. The van der Waals surface area contributed by atoms with Gasteiger partial charge < -0.3 is 9.88 Å². The van der Waals surface area contributed by atoms with Crippen LogP contribution >= 0.6 is 11.3 Å². The molecule has 1 saturated heterocycles. The van der Waals surface area contributed by atoms with Gasteiger partial charge in [-0.1, -0.05) is 36.4 Å². The quantitative estimate of drug-likeness (QED) is 0.433. The largest absolute Gasteiger partial charge is 0.348 e. The van der Waals surface area contributed by atoms with Gasteiger partial charge in [0.1, 0.15) is 6.04 Å². The number of Topliss-reactive ketones (excluding diaryl/α,β-unsaturated/α-hetero) is 1. The van der Waals surface area contributed by atoms with E-state index in [-0.39, 0.29) is 18.2 Å². The Morgan fingerprint density at radius 3 is 2.58 bits per heavy atom. The fourth-order valence-electron chi connectivity index (χ4n) is 4.05. The van der Waals surface area contributed by atoms with Gasteiger partial charge in [0.05, 0.1) is 6.54 Å². The van der Waals surface area contributed by atoms with Crippen molar-refractivity contribution in [3.05, 3.63) is 81.3 Å². The number of aryl methyl sites for hydroxylation is 2. The lowest BCUT2D eigenvalue weighted by atomic mass is 10.1. The van der Waals surface area contributed by atoms with Crippen molar-refractivity contribution in [2.75, 3.05) is 6.54 Å². The molecule has 1 fully saturated rings. The Morgan fingerprint density at radius 2 is 1.87 bits per heavy atom. The van der Waals surface area contributed by atoms with Crippen molar-refractivity contribution >= 4 is 29.1 Å². The van der Waals surface area contributed by atoms with E-state index in [0.717, 1.165) is 34.8 Å². The molecule has 0 spiro atoms. The molecule has 0 radical (unpaired) electrons. The van der Waals surface area contributed by atoms with Gasteiger partial charge in [-0.15, -0.1) is 11.3 Å². The molecule has 0 aliphatic carbocycles. The topological polar surface area (TPSA) is 71.4 Å². The van der Waals surface area contributed by atoms with E-state index in [1.165, 1.54) is 4.88 Å². The fourth-order valence-corrected chi connectivity index (χ4v) is 4.75. The summed E-state index contributed by atoms with van der Waals surface area (Å²) in [6, 6.07) is 14.4. The Hall–Kier alpha value is -3.19. The van der Waals surface area contributed by atoms with Crippen LogP contribution in [0.3, 0.4) is 0 Å². The minimum Gasteiger partial charge on any atom is -0.348 e. The second-order valence-corrected chi connectivity index (χ2v) is 8.84. The zero-order chi connectivity index (χ0) is 22.0. The highest BCUT2D eigenvalue weighted by Gasteiger charge is 2.39. The Kier molecular flexibility index (Phi) is 6.04. The smallest absolute Gasteiger partial charge is 0.325 e. The molecule has 1 aliphatic heterocycles. The van der Waals surface area contributed by atoms with Crippen LogP contribution in [0, 0.1) is 13.8 Å². The third-order valence-corrected chi connectivity index (χ3v) is 6.66. The first-order chi connectivity index (χ1) is 14.9. The predicted molar refractivity (Wildman–Crippen MR) is 120 cm³/mol. The van der Waals surface area contributed by atoms with Crippen molar-refractivity contribution in [3.63, 3.8) is 0 Å². The molecular weight excluding hydrogens is 410 g/mol. The highest BCUT2D eigenvalue weighted by molar-refractivity contribution is 7.09. The molecular formula is C24H25N3O3S. The van der Waals surface area contributed by atoms with E-state index in [1.807, 2.05) is 56.3 Å². The average Bonchev–Trinajstić information content (AvgIpc) is 3.44. The first kappa shape index (κ1) is 21.1. The van der Waals surface area contributed by atoms with Gasteiger partial charge >= 0.3 is 6.03 Å². The Bertz CT molecular complexity index is 1100. The summed E-state index contributed by atoms with van der Waals surface area (Å²) in [7, 11) is 0. The standard InChI is InChI=1S/C24H25N3O3S/c1-16-13-20(17(2)26(16)11-10-19-9-6-12-31-19)22(28)15-27-23(29)21(25-24(27)30)14-18-7-4-3-5-8-18/h3-9,12-13,21H,10-11,14-15H2,1-2H3,(H,25,30). The molecule has 1 N–H and O–H groups in total. The number of thiophene rings is 1. The Labute approximate surface area is 185 Å². The molecule has 3 heterocycles. The SMILES string of the molecule is Cc1cc(C(=O)CN2C(=O)NC(Cc3ccccc3)C2=O)c(C)n1CCc1cccs1. The molecule has 1 unspecified atom stereocenters. The molecule has 1 aliphatic rings. The van der Waals surface area contributed by atoms with Gasteiger partial charge in [-0.05, 0) is 43.3 Å². The van der Waals surface area contributed by atoms with E-state index in [4.69, 9.17) is 0 Å². The van der Waals surface area contributed by atoms with Crippen molar-refractivity contribution in [2.45, 2.75) is 39.3 Å². The number of ketones is 1. The molecule has 1 aromatic carbocycles. The van der Waals surface area contributed by atoms with E-state index in [9.17, 15) is 14.4 Å². The van der Waals surface area contributed by atoms with Gasteiger partial charge in [-0.25, -0.2) is 4.79 Å². The highest BCUT2D eigenvalue weighted by Crippen LogP contribution is 2.20. The Morgan fingerprint density at radius 1 is 1.10 bits per heavy atom. The normalized spacial score (nSPS) is 16.1. The molecule has 7 heteroatoms. The van der Waals surface area contributed by atoms with Crippen LogP contribution in [0.2, 0.25) is 0 Å². The van der Waals surface area contributed by atoms with Gasteiger partial charge in [0.2, 0.25) is 0 Å². The lowest BCUT2D eigenvalue weighted by molar-refractivity contribution is -0.127. The number of aromatic nitrogens is 1. The monoisotopic (exact) mass is 435 g/mol. The van der Waals surface area contributed by atoms with Crippen LogP contribution in [0.15, 0.2) is 53.9 Å². The van der Waals surface area contributed by atoms with Crippen LogP contribution in [0.25, 0.3) is 0 Å². The predicted octanol–water partition coefficient (Wildman–Crippen LogP) is 3.75. The number of benzene rings is 1. The number of rotatable bonds is 8. The van der Waals surface area contributed by atoms with Gasteiger partial charge in [0, 0.05) is 34.8 Å². The van der Waals surface area contributed by atoms with Crippen LogP contribution in [0.5, 0.6) is 0 Å². The number of nitrogens with one attached hydrogen (secondary N) is 1. The van der Waals surface area contributed by atoms with Crippen LogP contribution in [0.4, 0.5) is 4.79 Å². The molecule has 3 aromatic rings. The summed E-state index contributed by atoms with van der Waals surface area (Å²) in [5.41, 5.74) is 3.39. The van der Waals surface area contributed by atoms with Gasteiger partial charge in [0.25, 0.3) is 5.91 Å². The van der Waals surface area contributed by atoms with Crippen molar-refractivity contribution < 1.29 is 14.4 Å². The first-order valence-corrected chi connectivity index (χ1v) is 11.2. The lowest BCUT2D eigenvalue weighted by Gasteiger charge is -2.13. The number of amides is 3. The molecule has 31 heavy (non-hydrogen) atoms. The average molecular weight is 436 g/mol. The summed E-state index contributed by atoms with van der Waals surface area (Å²) in [4.78, 5) is 40.5. The molecule has 2 aromatic heterocycles. The number of carbonyl (C=O) groups is 3. The van der Waals surface area contributed by atoms with Crippen molar-refractivity contribution in [1.82, 2.24) is 14.8 Å². The number of hydrogen-bond donors (Lipinski definition) is 1. The summed E-state index contributed by atoms with van der Waals surface area (Å²) in [5, 5.41) is 4.77. The van der Waals surface area contributed by atoms with Crippen molar-refractivity contribution in [3.8, 4) is 0 Å². The highest BCUT2D eigenvalue weighted by atomic mass is 32.1. The number of carbonyl (C=O) groups excluding carboxylic acids is 3. The zero-order valence-corrected chi connectivity index (χ0v) is 18.4. The van der Waals surface area contributed by atoms with Gasteiger partial charge in [0.15, 0.2) is 5.78 Å². The zero-order valence-electron chi connectivity index (χ0n) is 17.6. The van der Waals surface area contributed by atoms with Gasteiger partial charge in [-0.2, -0.15) is 0 Å². The van der Waals surface area contributed by atoms with E-state index in [1.54, 1.807) is 11.3 Å².